The van der Waals surface area contributed by atoms with Gasteiger partial charge < -0.3 is 14.8 Å². The van der Waals surface area contributed by atoms with Crippen molar-refractivity contribution in [3.63, 3.8) is 0 Å². The Morgan fingerprint density at radius 3 is 2.59 bits per heavy atom. The zero-order valence-corrected chi connectivity index (χ0v) is 16.1. The molecule has 2 heterocycles. The molecule has 29 heavy (non-hydrogen) atoms. The number of hydrogen-bond acceptors (Lipinski definition) is 6. The van der Waals surface area contributed by atoms with E-state index in [2.05, 4.69) is 22.0 Å². The Labute approximate surface area is 168 Å². The Kier molecular flexibility index (Phi) is 7.05. The number of aliphatic imine (C=N–C) groups is 2. The van der Waals surface area contributed by atoms with Gasteiger partial charge in [0, 0.05) is 32.3 Å². The van der Waals surface area contributed by atoms with Gasteiger partial charge in [-0.15, -0.1) is 0 Å². The molecule has 0 atom stereocenters. The third-order valence-electron chi connectivity index (χ3n) is 5.01. The van der Waals surface area contributed by atoms with Crippen LogP contribution in [0.2, 0.25) is 0 Å². The van der Waals surface area contributed by atoms with Crippen molar-refractivity contribution < 1.29 is 22.6 Å². The van der Waals surface area contributed by atoms with Gasteiger partial charge in [-0.2, -0.15) is 13.2 Å². The van der Waals surface area contributed by atoms with Crippen LogP contribution in [-0.2, 0) is 4.74 Å². The Morgan fingerprint density at radius 1 is 1.28 bits per heavy atom. The predicted molar refractivity (Wildman–Crippen MR) is 105 cm³/mol. The molecule has 0 radical (unpaired) electrons. The Balaban J connectivity index is 1.65. The Morgan fingerprint density at radius 2 is 2.00 bits per heavy atom. The zero-order valence-electron chi connectivity index (χ0n) is 16.1. The summed E-state index contributed by atoms with van der Waals surface area (Å²) in [5, 5.41) is 3.32. The molecule has 0 unspecified atom stereocenters. The van der Waals surface area contributed by atoms with E-state index in [9.17, 15) is 13.2 Å². The van der Waals surface area contributed by atoms with Crippen molar-refractivity contribution in [3.05, 3.63) is 42.3 Å². The highest BCUT2D eigenvalue weighted by atomic mass is 19.4. The van der Waals surface area contributed by atoms with Gasteiger partial charge in [0.25, 0.3) is 0 Å². The molecule has 1 aromatic carbocycles. The lowest BCUT2D eigenvalue weighted by atomic mass is 9.90. The molecule has 0 aromatic heterocycles. The summed E-state index contributed by atoms with van der Waals surface area (Å²) in [5.74, 6) is 0.113. The third-order valence-corrected chi connectivity index (χ3v) is 5.01. The molecule has 6 nitrogen and oxygen atoms in total. The molecule has 1 N–H and O–H groups in total. The van der Waals surface area contributed by atoms with Crippen LogP contribution in [0.3, 0.4) is 0 Å². The zero-order chi connectivity index (χ0) is 20.7. The van der Waals surface area contributed by atoms with E-state index in [1.165, 1.54) is 0 Å². The van der Waals surface area contributed by atoms with Crippen LogP contribution in [0.1, 0.15) is 12.8 Å². The quantitative estimate of drug-likeness (QED) is 0.579. The van der Waals surface area contributed by atoms with Crippen LogP contribution < -0.4 is 10.1 Å². The number of rotatable bonds is 6. The fourth-order valence-electron chi connectivity index (χ4n) is 3.36. The summed E-state index contributed by atoms with van der Waals surface area (Å²) in [6, 6.07) is 8.44. The fourth-order valence-corrected chi connectivity index (χ4v) is 3.36. The van der Waals surface area contributed by atoms with Gasteiger partial charge in [-0.25, -0.2) is 4.99 Å². The summed E-state index contributed by atoms with van der Waals surface area (Å²) in [4.78, 5) is 9.25. The molecule has 158 valence electrons. The van der Waals surface area contributed by atoms with E-state index < -0.39 is 11.9 Å². The van der Waals surface area contributed by atoms with E-state index >= 15 is 0 Å². The maximum atomic E-state index is 13.5. The highest BCUT2D eigenvalue weighted by Crippen LogP contribution is 2.28. The second-order valence-corrected chi connectivity index (χ2v) is 7.06. The molecule has 0 saturated carbocycles. The molecule has 1 aromatic rings. The lowest BCUT2D eigenvalue weighted by Crippen LogP contribution is -2.55. The Bertz CT molecular complexity index is 734. The number of benzene rings is 1. The number of para-hydroxylation sites is 1. The van der Waals surface area contributed by atoms with Crippen molar-refractivity contribution in [1.29, 1.82) is 0 Å². The smallest absolute Gasteiger partial charge is 0.433 e. The largest absolute Gasteiger partial charge is 0.439 e. The van der Waals surface area contributed by atoms with Crippen molar-refractivity contribution in [1.82, 2.24) is 10.2 Å². The van der Waals surface area contributed by atoms with Crippen molar-refractivity contribution in [3.8, 4) is 5.75 Å². The molecular formula is C20H25F3N4O2. The van der Waals surface area contributed by atoms with Crippen LogP contribution in [0.15, 0.2) is 52.3 Å². The van der Waals surface area contributed by atoms with Gasteiger partial charge in [-0.1, -0.05) is 18.2 Å². The number of nitrogens with zero attached hydrogens (tertiary/aromatic N) is 3. The van der Waals surface area contributed by atoms with E-state index in [0.29, 0.717) is 25.4 Å². The average Bonchev–Trinajstić information content (AvgIpc) is 2.72. The molecule has 2 saturated heterocycles. The molecule has 2 fully saturated rings. The van der Waals surface area contributed by atoms with E-state index in [0.717, 1.165) is 32.0 Å². The minimum Gasteiger partial charge on any atom is -0.439 e. The number of allylic oxidation sites excluding steroid dienone is 1. The SMILES string of the molecule is C=N/C(=C\C(=NCN1CCC2(CC1)CNCCO2)C(F)(F)F)Oc1ccccc1. The van der Waals surface area contributed by atoms with Crippen molar-refractivity contribution in [2.45, 2.75) is 24.6 Å². The number of halogens is 3. The number of alkyl halides is 3. The topological polar surface area (TPSA) is 58.5 Å². The average molecular weight is 410 g/mol. The number of morpholine rings is 1. The first-order chi connectivity index (χ1) is 13.9. The summed E-state index contributed by atoms with van der Waals surface area (Å²) < 4.78 is 51.6. The van der Waals surface area contributed by atoms with E-state index in [4.69, 9.17) is 9.47 Å². The van der Waals surface area contributed by atoms with Gasteiger partial charge in [0.2, 0.25) is 5.88 Å². The first-order valence-corrected chi connectivity index (χ1v) is 9.50. The minimum atomic E-state index is -4.62. The number of nitrogens with one attached hydrogen (secondary N) is 1. The van der Waals surface area contributed by atoms with Gasteiger partial charge in [-0.05, 0) is 31.7 Å². The molecule has 9 heteroatoms. The normalized spacial score (nSPS) is 21.2. The summed E-state index contributed by atoms with van der Waals surface area (Å²) >= 11 is 0. The summed E-state index contributed by atoms with van der Waals surface area (Å²) in [6.07, 6.45) is -2.31. The Hall–Kier alpha value is -2.23. The maximum Gasteiger partial charge on any atom is 0.433 e. The lowest BCUT2D eigenvalue weighted by Gasteiger charge is -2.43. The highest BCUT2D eigenvalue weighted by Gasteiger charge is 2.38. The fraction of sp³-hybridized carbons (Fsp3) is 0.500. The van der Waals surface area contributed by atoms with Gasteiger partial charge >= 0.3 is 6.18 Å². The predicted octanol–water partition coefficient (Wildman–Crippen LogP) is 3.02. The molecule has 1 spiro atoms. The highest BCUT2D eigenvalue weighted by molar-refractivity contribution is 5.99. The first kappa shape index (κ1) is 21.5. The van der Waals surface area contributed by atoms with Crippen molar-refractivity contribution in [2.75, 3.05) is 39.5 Å². The second kappa shape index (κ2) is 9.51. The molecule has 2 aliphatic rings. The van der Waals surface area contributed by atoms with Crippen LogP contribution in [0.4, 0.5) is 13.2 Å². The van der Waals surface area contributed by atoms with Crippen LogP contribution in [-0.4, -0.2) is 68.6 Å². The van der Waals surface area contributed by atoms with Crippen molar-refractivity contribution >= 4 is 12.4 Å². The molecule has 2 aliphatic heterocycles. The first-order valence-electron chi connectivity index (χ1n) is 9.50. The van der Waals surface area contributed by atoms with E-state index in [-0.39, 0.29) is 18.2 Å². The number of piperidine rings is 1. The minimum absolute atomic E-state index is 0.0510. The number of likely N-dealkylation sites (tertiary alicyclic amines) is 1. The standard InChI is InChI=1S/C20H25F3N4O2/c1-24-18(29-16-5-3-2-4-6-16)13-17(20(21,22)23)26-15-27-10-7-19(8-11-27)14-25-9-12-28-19/h2-6,13,25H,1,7-12,14-15H2/b18-13+,26-17?. The lowest BCUT2D eigenvalue weighted by molar-refractivity contribution is -0.0994. The molecule has 0 aliphatic carbocycles. The van der Waals surface area contributed by atoms with Crippen molar-refractivity contribution in [2.24, 2.45) is 9.98 Å². The van der Waals surface area contributed by atoms with Crippen LogP contribution in [0.25, 0.3) is 0 Å². The van der Waals surface area contributed by atoms with Gasteiger partial charge in [0.05, 0.1) is 18.9 Å². The molecule has 0 amide bonds. The van der Waals surface area contributed by atoms with Crippen LogP contribution >= 0.6 is 0 Å². The van der Waals surface area contributed by atoms with Gasteiger partial charge in [-0.3, -0.25) is 9.89 Å². The second-order valence-electron chi connectivity index (χ2n) is 7.06. The molecule has 0 bridgehead atoms. The van der Waals surface area contributed by atoms with Crippen LogP contribution in [0.5, 0.6) is 5.75 Å². The third kappa shape index (κ3) is 6.12. The molecular weight excluding hydrogens is 385 g/mol. The van der Waals surface area contributed by atoms with E-state index in [1.54, 1.807) is 30.3 Å². The molecule has 3 rings (SSSR count). The number of hydrogen-bond donors (Lipinski definition) is 1. The van der Waals surface area contributed by atoms with Gasteiger partial charge in [0.1, 0.15) is 11.5 Å². The number of ether oxygens (including phenoxy) is 2. The monoisotopic (exact) mass is 410 g/mol. The maximum absolute atomic E-state index is 13.5. The summed E-state index contributed by atoms with van der Waals surface area (Å²) in [7, 11) is 0. The summed E-state index contributed by atoms with van der Waals surface area (Å²) in [6.45, 7) is 6.79. The van der Waals surface area contributed by atoms with Gasteiger partial charge in [0.15, 0.2) is 0 Å². The van der Waals surface area contributed by atoms with E-state index in [1.807, 2.05) is 4.90 Å². The summed E-state index contributed by atoms with van der Waals surface area (Å²) in [5.41, 5.74) is -1.25. The van der Waals surface area contributed by atoms with Crippen LogP contribution in [0, 0.1) is 0 Å².